The van der Waals surface area contributed by atoms with Crippen molar-refractivity contribution in [3.8, 4) is 11.3 Å². The fraction of sp³-hybridized carbons (Fsp3) is 0.333. The Morgan fingerprint density at radius 3 is 2.80 bits per heavy atom. The summed E-state index contributed by atoms with van der Waals surface area (Å²) >= 11 is 0. The molecule has 1 fully saturated rings. The molecule has 178 valence electrons. The first-order chi connectivity index (χ1) is 17.0. The van der Waals surface area contributed by atoms with Crippen LogP contribution in [0.5, 0.6) is 0 Å². The predicted molar refractivity (Wildman–Crippen MR) is 128 cm³/mol. The standard InChI is InChI=1S/C24H24N8O3/c1-30-12-16-10-25-19-3-2-18(14-8-15-11-27-29-23(15)26-9-14)28-21(19)22(16)32(24(30)35)17-4-6-31(7-5-17)20(34)13-33/h2-3,8-11,17,33H,4-7,12-13H2,1H3,(H,26,27,29). The van der Waals surface area contributed by atoms with Gasteiger partial charge in [0.05, 0.1) is 29.6 Å². The summed E-state index contributed by atoms with van der Waals surface area (Å²) in [5, 5.41) is 17.0. The van der Waals surface area contributed by atoms with Crippen LogP contribution in [0.4, 0.5) is 10.5 Å². The third kappa shape index (κ3) is 3.55. The van der Waals surface area contributed by atoms with Gasteiger partial charge in [-0.2, -0.15) is 5.10 Å². The molecule has 0 radical (unpaired) electrons. The molecule has 11 heteroatoms. The van der Waals surface area contributed by atoms with Crippen molar-refractivity contribution >= 4 is 39.7 Å². The molecule has 35 heavy (non-hydrogen) atoms. The van der Waals surface area contributed by atoms with Crippen LogP contribution in [0.2, 0.25) is 0 Å². The van der Waals surface area contributed by atoms with Gasteiger partial charge in [0.15, 0.2) is 5.65 Å². The highest BCUT2D eigenvalue weighted by Crippen LogP contribution is 2.37. The number of aliphatic hydroxyl groups excluding tert-OH is 1. The van der Waals surface area contributed by atoms with Crippen molar-refractivity contribution in [3.05, 3.63) is 42.4 Å². The molecule has 0 unspecified atom stereocenters. The molecule has 6 rings (SSSR count). The maximum absolute atomic E-state index is 13.4. The molecular formula is C24H24N8O3. The van der Waals surface area contributed by atoms with E-state index in [1.165, 1.54) is 0 Å². The molecule has 4 aromatic heterocycles. The Balaban J connectivity index is 1.44. The van der Waals surface area contributed by atoms with Gasteiger partial charge < -0.3 is 14.9 Å². The molecule has 2 aliphatic heterocycles. The zero-order chi connectivity index (χ0) is 24.1. The van der Waals surface area contributed by atoms with Crippen LogP contribution in [0.25, 0.3) is 33.3 Å². The molecule has 0 aliphatic carbocycles. The van der Waals surface area contributed by atoms with Crippen LogP contribution in [0.1, 0.15) is 18.4 Å². The van der Waals surface area contributed by atoms with Crippen LogP contribution in [0.15, 0.2) is 36.8 Å². The molecule has 4 aromatic rings. The summed E-state index contributed by atoms with van der Waals surface area (Å²) in [7, 11) is 1.78. The van der Waals surface area contributed by atoms with E-state index >= 15 is 0 Å². The van der Waals surface area contributed by atoms with E-state index in [9.17, 15) is 14.7 Å². The van der Waals surface area contributed by atoms with Gasteiger partial charge in [-0.1, -0.05) is 0 Å². The van der Waals surface area contributed by atoms with E-state index in [2.05, 4.69) is 20.2 Å². The van der Waals surface area contributed by atoms with Gasteiger partial charge in [0.1, 0.15) is 12.1 Å². The number of aliphatic hydroxyl groups is 1. The molecule has 0 spiro atoms. The average Bonchev–Trinajstić information content (AvgIpc) is 3.37. The van der Waals surface area contributed by atoms with Crippen molar-refractivity contribution in [2.45, 2.75) is 25.4 Å². The highest BCUT2D eigenvalue weighted by atomic mass is 16.3. The first kappa shape index (κ1) is 21.4. The molecular weight excluding hydrogens is 448 g/mol. The van der Waals surface area contributed by atoms with Crippen molar-refractivity contribution in [1.82, 2.24) is 34.9 Å². The van der Waals surface area contributed by atoms with E-state index in [0.717, 1.165) is 27.9 Å². The van der Waals surface area contributed by atoms with Gasteiger partial charge in [0, 0.05) is 55.1 Å². The Labute approximate surface area is 200 Å². The number of urea groups is 1. The van der Waals surface area contributed by atoms with E-state index in [4.69, 9.17) is 4.98 Å². The summed E-state index contributed by atoms with van der Waals surface area (Å²) in [5.41, 5.74) is 5.38. The zero-order valence-electron chi connectivity index (χ0n) is 19.2. The van der Waals surface area contributed by atoms with E-state index < -0.39 is 6.61 Å². The van der Waals surface area contributed by atoms with Crippen molar-refractivity contribution in [1.29, 1.82) is 0 Å². The molecule has 2 N–H and O–H groups in total. The third-order valence-electron chi connectivity index (χ3n) is 6.85. The number of pyridine rings is 3. The minimum Gasteiger partial charge on any atom is -0.387 e. The Hall–Kier alpha value is -4.12. The average molecular weight is 473 g/mol. The number of aromatic nitrogens is 5. The second-order valence-electron chi connectivity index (χ2n) is 9.01. The Kier molecular flexibility index (Phi) is 5.06. The van der Waals surface area contributed by atoms with Crippen LogP contribution >= 0.6 is 0 Å². The second-order valence-corrected chi connectivity index (χ2v) is 9.01. The Morgan fingerprint density at radius 2 is 2.00 bits per heavy atom. The van der Waals surface area contributed by atoms with Crippen LogP contribution in [0, 0.1) is 0 Å². The van der Waals surface area contributed by atoms with Crippen molar-refractivity contribution in [2.24, 2.45) is 0 Å². The molecule has 0 bridgehead atoms. The smallest absolute Gasteiger partial charge is 0.324 e. The summed E-state index contributed by atoms with van der Waals surface area (Å²) in [6.45, 7) is 0.932. The maximum atomic E-state index is 13.4. The number of fused-ring (bicyclic) bond motifs is 4. The Morgan fingerprint density at radius 1 is 1.17 bits per heavy atom. The van der Waals surface area contributed by atoms with Gasteiger partial charge >= 0.3 is 6.03 Å². The summed E-state index contributed by atoms with van der Waals surface area (Å²) in [6, 6.07) is 5.62. The lowest BCUT2D eigenvalue weighted by Gasteiger charge is -2.43. The highest BCUT2D eigenvalue weighted by molar-refractivity contribution is 6.04. The van der Waals surface area contributed by atoms with Crippen LogP contribution < -0.4 is 4.90 Å². The van der Waals surface area contributed by atoms with Gasteiger partial charge in [-0.15, -0.1) is 0 Å². The van der Waals surface area contributed by atoms with Crippen molar-refractivity contribution in [3.63, 3.8) is 0 Å². The summed E-state index contributed by atoms with van der Waals surface area (Å²) in [4.78, 5) is 44.5. The number of likely N-dealkylation sites (tertiary alicyclic amines) is 1. The number of nitrogens with one attached hydrogen (secondary N) is 1. The van der Waals surface area contributed by atoms with Gasteiger partial charge in [-0.25, -0.2) is 14.8 Å². The number of rotatable bonds is 3. The van der Waals surface area contributed by atoms with Crippen LogP contribution in [-0.2, 0) is 11.3 Å². The van der Waals surface area contributed by atoms with Gasteiger partial charge in [0.25, 0.3) is 0 Å². The first-order valence-electron chi connectivity index (χ1n) is 11.5. The zero-order valence-corrected chi connectivity index (χ0v) is 19.2. The second kappa shape index (κ2) is 8.27. The minimum absolute atomic E-state index is 0.0910. The summed E-state index contributed by atoms with van der Waals surface area (Å²) in [6.07, 6.45) is 6.53. The lowest BCUT2D eigenvalue weighted by Crippen LogP contribution is -2.54. The number of carbonyl (C=O) groups is 2. The van der Waals surface area contributed by atoms with Crippen molar-refractivity contribution in [2.75, 3.05) is 31.6 Å². The Bertz CT molecular complexity index is 1460. The molecule has 0 aromatic carbocycles. The van der Waals surface area contributed by atoms with Gasteiger partial charge in [-0.05, 0) is 31.0 Å². The number of piperidine rings is 1. The fourth-order valence-corrected chi connectivity index (χ4v) is 5.03. The number of hydrogen-bond acceptors (Lipinski definition) is 7. The molecule has 2 aliphatic rings. The number of aromatic amines is 1. The number of carbonyl (C=O) groups excluding carboxylic acids is 2. The number of anilines is 1. The normalized spacial score (nSPS) is 16.9. The number of nitrogens with zero attached hydrogens (tertiary/aromatic N) is 7. The lowest BCUT2D eigenvalue weighted by molar-refractivity contribution is -0.135. The SMILES string of the molecule is CN1Cc2cnc3ccc(-c4cnc5[nH]ncc5c4)nc3c2N(C2CCN(C(=O)CO)CC2)C1=O. The number of hydrogen-bond donors (Lipinski definition) is 2. The lowest BCUT2D eigenvalue weighted by atomic mass is 9.99. The van der Waals surface area contributed by atoms with E-state index in [1.807, 2.05) is 29.3 Å². The molecule has 0 saturated carbocycles. The molecule has 11 nitrogen and oxygen atoms in total. The first-order valence-corrected chi connectivity index (χ1v) is 11.5. The van der Waals surface area contributed by atoms with E-state index in [1.54, 1.807) is 29.2 Å². The quantitative estimate of drug-likeness (QED) is 0.466. The van der Waals surface area contributed by atoms with Crippen molar-refractivity contribution < 1.29 is 14.7 Å². The molecule has 6 heterocycles. The summed E-state index contributed by atoms with van der Waals surface area (Å²) in [5.74, 6) is -0.282. The molecule has 1 saturated heterocycles. The third-order valence-corrected chi connectivity index (χ3v) is 6.85. The molecule has 0 atom stereocenters. The maximum Gasteiger partial charge on any atom is 0.324 e. The topological polar surface area (TPSA) is 131 Å². The number of amides is 3. The monoisotopic (exact) mass is 472 g/mol. The number of H-pyrrole nitrogens is 1. The highest BCUT2D eigenvalue weighted by Gasteiger charge is 2.37. The van der Waals surface area contributed by atoms with E-state index in [-0.39, 0.29) is 18.0 Å². The van der Waals surface area contributed by atoms with Gasteiger partial charge in [0.2, 0.25) is 5.91 Å². The summed E-state index contributed by atoms with van der Waals surface area (Å²) < 4.78 is 0. The minimum atomic E-state index is -0.499. The van der Waals surface area contributed by atoms with Crippen LogP contribution in [0.3, 0.4) is 0 Å². The predicted octanol–water partition coefficient (Wildman–Crippen LogP) is 1.92. The van der Waals surface area contributed by atoms with E-state index in [0.29, 0.717) is 49.2 Å². The molecule has 3 amide bonds. The van der Waals surface area contributed by atoms with Gasteiger partial charge in [-0.3, -0.25) is 19.8 Å². The van der Waals surface area contributed by atoms with Crippen LogP contribution in [-0.4, -0.2) is 84.8 Å². The fourth-order valence-electron chi connectivity index (χ4n) is 5.03. The largest absolute Gasteiger partial charge is 0.387 e.